The Balaban J connectivity index is 1.59. The molecule has 0 bridgehead atoms. The molecule has 3 nitrogen and oxygen atoms in total. The molecule has 0 saturated carbocycles. The molecule has 2 aromatic rings. The van der Waals surface area contributed by atoms with E-state index < -0.39 is 0 Å². The Hall–Kier alpha value is -1.55. The fourth-order valence-electron chi connectivity index (χ4n) is 2.19. The molecule has 0 atom stereocenters. The summed E-state index contributed by atoms with van der Waals surface area (Å²) in [6, 6.07) is 15.4. The van der Waals surface area contributed by atoms with Crippen LogP contribution in [0.2, 0.25) is 10.0 Å². The fraction of sp³-hybridized carbons (Fsp3) is 0.278. The van der Waals surface area contributed by atoms with Crippen molar-refractivity contribution in [3.8, 4) is 0 Å². The van der Waals surface area contributed by atoms with Crippen molar-refractivity contribution >= 4 is 34.8 Å². The summed E-state index contributed by atoms with van der Waals surface area (Å²) in [6.07, 6.45) is 2.50. The summed E-state index contributed by atoms with van der Waals surface area (Å²) in [5, 5.41) is 7.06. The van der Waals surface area contributed by atoms with E-state index in [4.69, 9.17) is 23.2 Å². The van der Waals surface area contributed by atoms with Crippen LogP contribution >= 0.6 is 23.2 Å². The fourth-order valence-corrected chi connectivity index (χ4v) is 2.65. The Morgan fingerprint density at radius 2 is 1.78 bits per heavy atom. The first-order chi connectivity index (χ1) is 11.1. The second-order valence-corrected chi connectivity index (χ2v) is 6.11. The van der Waals surface area contributed by atoms with E-state index in [1.165, 1.54) is 5.56 Å². The minimum Gasteiger partial charge on any atom is -0.325 e. The van der Waals surface area contributed by atoms with E-state index >= 15 is 0 Å². The van der Waals surface area contributed by atoms with E-state index in [-0.39, 0.29) is 5.91 Å². The maximum Gasteiger partial charge on any atom is 0.225 e. The molecule has 0 aliphatic rings. The van der Waals surface area contributed by atoms with Crippen molar-refractivity contribution < 1.29 is 4.79 Å². The summed E-state index contributed by atoms with van der Waals surface area (Å²) < 4.78 is 0. The smallest absolute Gasteiger partial charge is 0.225 e. The highest BCUT2D eigenvalue weighted by Gasteiger charge is 2.06. The highest BCUT2D eigenvalue weighted by atomic mass is 35.5. The van der Waals surface area contributed by atoms with Crippen molar-refractivity contribution in [3.05, 3.63) is 64.1 Å². The number of carbonyl (C=O) groups excluding carboxylic acids is 1. The van der Waals surface area contributed by atoms with Crippen molar-refractivity contribution in [2.75, 3.05) is 18.4 Å². The number of nitrogens with one attached hydrogen (secondary N) is 2. The number of rotatable bonds is 8. The van der Waals surface area contributed by atoms with Crippen LogP contribution in [0.5, 0.6) is 0 Å². The predicted molar refractivity (Wildman–Crippen MR) is 97.3 cm³/mol. The Labute approximate surface area is 147 Å². The zero-order chi connectivity index (χ0) is 16.5. The molecule has 0 radical (unpaired) electrons. The molecule has 0 fully saturated rings. The molecular weight excluding hydrogens is 331 g/mol. The van der Waals surface area contributed by atoms with Gasteiger partial charge in [-0.3, -0.25) is 4.79 Å². The molecule has 0 aliphatic heterocycles. The van der Waals surface area contributed by atoms with Gasteiger partial charge >= 0.3 is 0 Å². The summed E-state index contributed by atoms with van der Waals surface area (Å²) >= 11 is 11.8. The van der Waals surface area contributed by atoms with Crippen molar-refractivity contribution in [2.24, 2.45) is 0 Å². The first-order valence-corrected chi connectivity index (χ1v) is 8.40. The number of benzene rings is 2. The first-order valence-electron chi connectivity index (χ1n) is 7.65. The standard InChI is InChI=1S/C18H20Cl2N2O/c19-15-8-9-17(16(20)13-15)22-18(23)10-12-21-11-4-7-14-5-2-1-3-6-14/h1-3,5-6,8-9,13,21H,4,7,10-12H2,(H,22,23). The molecule has 0 spiro atoms. The molecule has 0 aliphatic carbocycles. The Bertz CT molecular complexity index is 632. The van der Waals surface area contributed by atoms with E-state index in [0.29, 0.717) is 28.7 Å². The molecular formula is C18H20Cl2N2O. The van der Waals surface area contributed by atoms with Gasteiger partial charge in [0, 0.05) is 18.0 Å². The van der Waals surface area contributed by atoms with Crippen LogP contribution < -0.4 is 10.6 Å². The van der Waals surface area contributed by atoms with E-state index in [9.17, 15) is 4.79 Å². The normalized spacial score (nSPS) is 10.5. The summed E-state index contributed by atoms with van der Waals surface area (Å²) in [6.45, 7) is 1.54. The summed E-state index contributed by atoms with van der Waals surface area (Å²) in [5.41, 5.74) is 1.93. The summed E-state index contributed by atoms with van der Waals surface area (Å²) in [7, 11) is 0. The Morgan fingerprint density at radius 3 is 2.52 bits per heavy atom. The van der Waals surface area contributed by atoms with Crippen LogP contribution in [0.3, 0.4) is 0 Å². The van der Waals surface area contributed by atoms with Gasteiger partial charge in [-0.15, -0.1) is 0 Å². The van der Waals surface area contributed by atoms with Crippen molar-refractivity contribution in [2.45, 2.75) is 19.3 Å². The third-order valence-electron chi connectivity index (χ3n) is 3.40. The minimum absolute atomic E-state index is 0.0650. The quantitative estimate of drug-likeness (QED) is 0.686. The topological polar surface area (TPSA) is 41.1 Å². The van der Waals surface area contributed by atoms with Crippen LogP contribution in [0.25, 0.3) is 0 Å². The predicted octanol–water partition coefficient (Wildman–Crippen LogP) is 4.54. The maximum absolute atomic E-state index is 11.9. The zero-order valence-corrected chi connectivity index (χ0v) is 14.3. The van der Waals surface area contributed by atoms with Gasteiger partial charge in [0.05, 0.1) is 10.7 Å². The maximum atomic E-state index is 11.9. The van der Waals surface area contributed by atoms with Crippen LogP contribution in [-0.2, 0) is 11.2 Å². The lowest BCUT2D eigenvalue weighted by atomic mass is 10.1. The molecule has 1 amide bonds. The molecule has 0 aromatic heterocycles. The van der Waals surface area contributed by atoms with Gasteiger partial charge in [0.15, 0.2) is 0 Å². The van der Waals surface area contributed by atoms with Crippen LogP contribution in [0.15, 0.2) is 48.5 Å². The van der Waals surface area contributed by atoms with Gasteiger partial charge in [0.1, 0.15) is 0 Å². The largest absolute Gasteiger partial charge is 0.325 e. The molecule has 122 valence electrons. The van der Waals surface area contributed by atoms with E-state index in [2.05, 4.69) is 34.9 Å². The molecule has 0 heterocycles. The first kappa shape index (κ1) is 17.8. The molecule has 0 saturated heterocycles. The minimum atomic E-state index is -0.0650. The van der Waals surface area contributed by atoms with Gasteiger partial charge in [-0.05, 0) is 43.1 Å². The number of amides is 1. The van der Waals surface area contributed by atoms with Crippen molar-refractivity contribution in [1.29, 1.82) is 0 Å². The van der Waals surface area contributed by atoms with E-state index in [1.54, 1.807) is 18.2 Å². The Morgan fingerprint density at radius 1 is 1.00 bits per heavy atom. The summed E-state index contributed by atoms with van der Waals surface area (Å²) in [5.74, 6) is -0.0650. The average molecular weight is 351 g/mol. The lowest BCUT2D eigenvalue weighted by Crippen LogP contribution is -2.23. The lowest BCUT2D eigenvalue weighted by molar-refractivity contribution is -0.116. The summed E-state index contributed by atoms with van der Waals surface area (Å²) in [4.78, 5) is 11.9. The zero-order valence-electron chi connectivity index (χ0n) is 12.8. The van der Waals surface area contributed by atoms with E-state index in [1.807, 2.05) is 6.07 Å². The molecule has 5 heteroatoms. The van der Waals surface area contributed by atoms with Crippen LogP contribution in [0.1, 0.15) is 18.4 Å². The van der Waals surface area contributed by atoms with Crippen LogP contribution in [0, 0.1) is 0 Å². The third-order valence-corrected chi connectivity index (χ3v) is 3.94. The monoisotopic (exact) mass is 350 g/mol. The van der Waals surface area contributed by atoms with Crippen LogP contribution in [-0.4, -0.2) is 19.0 Å². The van der Waals surface area contributed by atoms with Gasteiger partial charge in [-0.2, -0.15) is 0 Å². The lowest BCUT2D eigenvalue weighted by Gasteiger charge is -2.08. The molecule has 2 aromatic carbocycles. The average Bonchev–Trinajstić information content (AvgIpc) is 2.54. The Kier molecular flexibility index (Phi) is 7.40. The number of hydrogen-bond donors (Lipinski definition) is 2. The van der Waals surface area contributed by atoms with Gasteiger partial charge in [0.2, 0.25) is 5.91 Å². The van der Waals surface area contributed by atoms with E-state index in [0.717, 1.165) is 19.4 Å². The number of aryl methyl sites for hydroxylation is 1. The number of carbonyl (C=O) groups is 1. The van der Waals surface area contributed by atoms with Gasteiger partial charge in [-0.1, -0.05) is 53.5 Å². The SMILES string of the molecule is O=C(CCNCCCc1ccccc1)Nc1ccc(Cl)cc1Cl. The molecule has 0 unspecified atom stereocenters. The molecule has 2 N–H and O–H groups in total. The molecule has 2 rings (SSSR count). The van der Waals surface area contributed by atoms with Crippen molar-refractivity contribution in [3.63, 3.8) is 0 Å². The highest BCUT2D eigenvalue weighted by Crippen LogP contribution is 2.25. The molecule has 23 heavy (non-hydrogen) atoms. The number of halogens is 2. The van der Waals surface area contributed by atoms with Gasteiger partial charge in [-0.25, -0.2) is 0 Å². The van der Waals surface area contributed by atoms with Crippen LogP contribution in [0.4, 0.5) is 5.69 Å². The highest BCUT2D eigenvalue weighted by molar-refractivity contribution is 6.36. The van der Waals surface area contributed by atoms with Crippen molar-refractivity contribution in [1.82, 2.24) is 5.32 Å². The number of anilines is 1. The second-order valence-electron chi connectivity index (χ2n) is 5.26. The number of hydrogen-bond acceptors (Lipinski definition) is 2. The van der Waals surface area contributed by atoms with Gasteiger partial charge < -0.3 is 10.6 Å². The van der Waals surface area contributed by atoms with Gasteiger partial charge in [0.25, 0.3) is 0 Å². The second kappa shape index (κ2) is 9.56. The third kappa shape index (κ3) is 6.61.